The van der Waals surface area contributed by atoms with Gasteiger partial charge in [0.2, 0.25) is 11.8 Å². The predicted molar refractivity (Wildman–Crippen MR) is 120 cm³/mol. The van der Waals surface area contributed by atoms with Crippen molar-refractivity contribution in [2.75, 3.05) is 19.6 Å². The summed E-state index contributed by atoms with van der Waals surface area (Å²) in [5.74, 6) is -0.717. The van der Waals surface area contributed by atoms with Crippen LogP contribution in [0.3, 0.4) is 0 Å². The highest BCUT2D eigenvalue weighted by molar-refractivity contribution is 5.88. The summed E-state index contributed by atoms with van der Waals surface area (Å²) in [4.78, 5) is 42.7. The Labute approximate surface area is 194 Å². The summed E-state index contributed by atoms with van der Waals surface area (Å²) in [7, 11) is 0. The Bertz CT molecular complexity index is 929. The number of hydrogen-bond acceptors (Lipinski definition) is 4. The number of amides is 2. The maximum atomic E-state index is 14.0. The van der Waals surface area contributed by atoms with E-state index in [4.69, 9.17) is 4.74 Å². The van der Waals surface area contributed by atoms with Gasteiger partial charge < -0.3 is 14.5 Å². The average molecular weight is 457 g/mol. The van der Waals surface area contributed by atoms with Gasteiger partial charge in [-0.3, -0.25) is 14.4 Å². The number of carbonyl (C=O) groups excluding carboxylic acids is 3. The second-order valence-electron chi connectivity index (χ2n) is 10.3. The quantitative estimate of drug-likeness (QED) is 0.654. The first kappa shape index (κ1) is 22.4. The monoisotopic (exact) mass is 456 g/mol. The molecule has 5 rings (SSSR count). The first-order chi connectivity index (χ1) is 16.0. The highest BCUT2D eigenvalue weighted by Crippen LogP contribution is 2.46. The van der Waals surface area contributed by atoms with Crippen LogP contribution < -0.4 is 0 Å². The van der Waals surface area contributed by atoms with Crippen LogP contribution in [-0.4, -0.2) is 58.9 Å². The maximum Gasteiger partial charge on any atom is 0.307 e. The Morgan fingerprint density at radius 2 is 1.85 bits per heavy atom. The van der Waals surface area contributed by atoms with Crippen LogP contribution in [0, 0.1) is 17.7 Å². The zero-order valence-corrected chi connectivity index (χ0v) is 19.1. The van der Waals surface area contributed by atoms with E-state index in [1.54, 1.807) is 18.2 Å². The number of esters is 1. The van der Waals surface area contributed by atoms with Crippen LogP contribution in [0.4, 0.5) is 4.39 Å². The lowest BCUT2D eigenvalue weighted by Crippen LogP contribution is -2.59. The molecule has 33 heavy (non-hydrogen) atoms. The van der Waals surface area contributed by atoms with Gasteiger partial charge in [-0.05, 0) is 62.5 Å². The molecule has 1 aromatic rings. The number of carbonyl (C=O) groups is 3. The number of likely N-dealkylation sites (tertiary alicyclic amines) is 2. The first-order valence-corrected chi connectivity index (χ1v) is 12.5. The molecule has 1 saturated carbocycles. The van der Waals surface area contributed by atoms with Crippen LogP contribution in [0.1, 0.15) is 63.4 Å². The SMILES string of the molecule is O=C1C[C@@H](C(=O)N2CCC[C@@H]3CN(C(=O)Cc4ccccc4F)CC[C@@H]32)C2(CCCCC2)O1. The molecule has 0 N–H and O–H groups in total. The fraction of sp³-hybridized carbons (Fsp3) is 0.654. The number of rotatable bonds is 3. The number of nitrogens with zero attached hydrogens (tertiary/aromatic N) is 2. The van der Waals surface area contributed by atoms with Gasteiger partial charge >= 0.3 is 5.97 Å². The fourth-order valence-electron chi connectivity index (χ4n) is 6.63. The number of piperidine rings is 2. The maximum absolute atomic E-state index is 14.0. The van der Waals surface area contributed by atoms with Crippen molar-refractivity contribution in [1.29, 1.82) is 0 Å². The molecule has 3 saturated heterocycles. The lowest BCUT2D eigenvalue weighted by atomic mass is 9.74. The molecule has 3 atom stereocenters. The zero-order chi connectivity index (χ0) is 23.0. The zero-order valence-electron chi connectivity index (χ0n) is 19.1. The van der Waals surface area contributed by atoms with E-state index in [1.165, 1.54) is 6.07 Å². The van der Waals surface area contributed by atoms with Crippen LogP contribution in [0.2, 0.25) is 0 Å². The van der Waals surface area contributed by atoms with Crippen molar-refractivity contribution in [2.45, 2.75) is 75.9 Å². The summed E-state index contributed by atoms with van der Waals surface area (Å²) in [6, 6.07) is 6.52. The molecule has 1 aliphatic carbocycles. The van der Waals surface area contributed by atoms with E-state index in [-0.39, 0.29) is 54.3 Å². The Morgan fingerprint density at radius 1 is 1.06 bits per heavy atom. The van der Waals surface area contributed by atoms with Crippen LogP contribution in [0.15, 0.2) is 24.3 Å². The largest absolute Gasteiger partial charge is 0.458 e. The van der Waals surface area contributed by atoms with Crippen LogP contribution in [0.25, 0.3) is 0 Å². The molecule has 0 unspecified atom stereocenters. The molecule has 1 aromatic carbocycles. The molecule has 4 fully saturated rings. The topological polar surface area (TPSA) is 66.9 Å². The molecule has 2 amide bonds. The minimum atomic E-state index is -0.601. The molecule has 0 radical (unpaired) electrons. The lowest BCUT2D eigenvalue weighted by Gasteiger charge is -2.49. The summed E-state index contributed by atoms with van der Waals surface area (Å²) in [6.45, 7) is 1.89. The summed E-state index contributed by atoms with van der Waals surface area (Å²) in [5.41, 5.74) is -0.177. The molecule has 6 nitrogen and oxygen atoms in total. The molecule has 0 bridgehead atoms. The fourth-order valence-corrected chi connectivity index (χ4v) is 6.63. The molecule has 0 aromatic heterocycles. The summed E-state index contributed by atoms with van der Waals surface area (Å²) < 4.78 is 19.8. The van der Waals surface area contributed by atoms with Crippen molar-refractivity contribution in [3.8, 4) is 0 Å². The van der Waals surface area contributed by atoms with Gasteiger partial charge in [0.05, 0.1) is 18.8 Å². The first-order valence-electron chi connectivity index (χ1n) is 12.5. The average Bonchev–Trinajstić information content (AvgIpc) is 3.14. The van der Waals surface area contributed by atoms with E-state index in [2.05, 4.69) is 0 Å². The van der Waals surface area contributed by atoms with Gasteiger partial charge in [-0.2, -0.15) is 0 Å². The predicted octanol–water partition coefficient (Wildman–Crippen LogP) is 3.47. The van der Waals surface area contributed by atoms with E-state index in [0.29, 0.717) is 25.2 Å². The van der Waals surface area contributed by atoms with Gasteiger partial charge in [-0.1, -0.05) is 24.6 Å². The van der Waals surface area contributed by atoms with Gasteiger partial charge in [-0.15, -0.1) is 0 Å². The van der Waals surface area contributed by atoms with Crippen molar-refractivity contribution < 1.29 is 23.5 Å². The highest BCUT2D eigenvalue weighted by atomic mass is 19.1. The normalized spacial score (nSPS) is 29.0. The number of halogens is 1. The second kappa shape index (κ2) is 9.07. The third-order valence-electron chi connectivity index (χ3n) is 8.32. The molecule has 4 aliphatic rings. The molecule has 1 spiro atoms. The Hall–Kier alpha value is -2.44. The summed E-state index contributed by atoms with van der Waals surface area (Å²) in [5, 5.41) is 0. The van der Waals surface area contributed by atoms with E-state index in [0.717, 1.165) is 51.4 Å². The molecular weight excluding hydrogens is 423 g/mol. The second-order valence-corrected chi connectivity index (χ2v) is 10.3. The third kappa shape index (κ3) is 4.26. The number of benzene rings is 1. The molecular formula is C26H33FN2O4. The molecule has 7 heteroatoms. The van der Waals surface area contributed by atoms with Gasteiger partial charge in [0.15, 0.2) is 0 Å². The van der Waals surface area contributed by atoms with Gasteiger partial charge in [-0.25, -0.2) is 4.39 Å². The van der Waals surface area contributed by atoms with E-state index in [1.807, 2.05) is 9.80 Å². The third-order valence-corrected chi connectivity index (χ3v) is 8.32. The lowest BCUT2D eigenvalue weighted by molar-refractivity contribution is -0.158. The number of hydrogen-bond donors (Lipinski definition) is 0. The van der Waals surface area contributed by atoms with Crippen molar-refractivity contribution in [3.05, 3.63) is 35.6 Å². The van der Waals surface area contributed by atoms with Crippen molar-refractivity contribution in [2.24, 2.45) is 11.8 Å². The van der Waals surface area contributed by atoms with Crippen molar-refractivity contribution in [3.63, 3.8) is 0 Å². The Morgan fingerprint density at radius 3 is 2.64 bits per heavy atom. The van der Waals surface area contributed by atoms with Gasteiger partial charge in [0, 0.05) is 25.7 Å². The summed E-state index contributed by atoms with van der Waals surface area (Å²) in [6.07, 6.45) is 7.57. The van der Waals surface area contributed by atoms with Crippen molar-refractivity contribution in [1.82, 2.24) is 9.80 Å². The highest BCUT2D eigenvalue weighted by Gasteiger charge is 2.55. The minimum Gasteiger partial charge on any atom is -0.458 e. The Balaban J connectivity index is 1.26. The minimum absolute atomic E-state index is 0.0575. The van der Waals surface area contributed by atoms with Gasteiger partial charge in [0.25, 0.3) is 0 Å². The molecule has 3 aliphatic heterocycles. The van der Waals surface area contributed by atoms with E-state index < -0.39 is 5.60 Å². The number of fused-ring (bicyclic) bond motifs is 1. The van der Waals surface area contributed by atoms with Crippen molar-refractivity contribution >= 4 is 17.8 Å². The van der Waals surface area contributed by atoms with Gasteiger partial charge in [0.1, 0.15) is 11.4 Å². The van der Waals surface area contributed by atoms with Crippen LogP contribution >= 0.6 is 0 Å². The van der Waals surface area contributed by atoms with Crippen LogP contribution in [-0.2, 0) is 25.5 Å². The standard InChI is InChI=1S/C26H33FN2O4/c27-21-9-3-2-7-18(21)15-23(30)28-14-10-22-19(17-28)8-6-13-29(22)25(32)20-16-24(31)33-26(20)11-4-1-5-12-26/h2-3,7,9,19-20,22H,1,4-6,8,10-17H2/t19-,20+,22+/m1/s1. The Kier molecular flexibility index (Phi) is 6.14. The van der Waals surface area contributed by atoms with E-state index in [9.17, 15) is 18.8 Å². The summed E-state index contributed by atoms with van der Waals surface area (Å²) >= 11 is 0. The molecule has 178 valence electrons. The molecule has 3 heterocycles. The van der Waals surface area contributed by atoms with E-state index >= 15 is 0 Å². The number of ether oxygens (including phenoxy) is 1. The smallest absolute Gasteiger partial charge is 0.307 e. The van der Waals surface area contributed by atoms with Crippen LogP contribution in [0.5, 0.6) is 0 Å².